The molecule has 1 unspecified atom stereocenters. The van der Waals surface area contributed by atoms with Gasteiger partial charge in [0.15, 0.2) is 0 Å². The molecule has 0 aromatic rings. The topological polar surface area (TPSA) is 97.7 Å². The van der Waals surface area contributed by atoms with E-state index in [-0.39, 0.29) is 25.2 Å². The van der Waals surface area contributed by atoms with Crippen LogP contribution in [0.2, 0.25) is 0 Å². The van der Waals surface area contributed by atoms with Gasteiger partial charge >= 0.3 is 6.16 Å². The molecule has 0 radical (unpaired) electrons. The number of hydrogen-bond donors (Lipinski definition) is 2. The maximum atomic E-state index is 11.1. The maximum absolute atomic E-state index is 11.1. The molecule has 2 N–H and O–H groups in total. The van der Waals surface area contributed by atoms with Crippen LogP contribution in [0.5, 0.6) is 0 Å². The van der Waals surface area contributed by atoms with Crippen molar-refractivity contribution in [3.8, 4) is 0 Å². The molecule has 8 heteroatoms. The van der Waals surface area contributed by atoms with E-state index in [2.05, 4.69) is 4.84 Å². The minimum Gasteiger partial charge on any atom is -0.432 e. The molecule has 18 heavy (non-hydrogen) atoms. The van der Waals surface area contributed by atoms with Crippen molar-refractivity contribution in [2.75, 3.05) is 19.8 Å². The van der Waals surface area contributed by atoms with Gasteiger partial charge in [0.25, 0.3) is 0 Å². The van der Waals surface area contributed by atoms with Crippen molar-refractivity contribution in [3.05, 3.63) is 0 Å². The standard InChI is InChI=1S/C10H21NO7/c1-8(18-11(13)14)7-15-5-6-16-9(12)17-10(2,3)4/h8,13-14H,5-7H2,1-4H3. The normalized spacial score (nSPS) is 13.5. The van der Waals surface area contributed by atoms with Gasteiger partial charge in [-0.2, -0.15) is 0 Å². The van der Waals surface area contributed by atoms with Gasteiger partial charge in [-0.25, -0.2) is 9.63 Å². The van der Waals surface area contributed by atoms with E-state index < -0.39 is 17.9 Å². The Kier molecular flexibility index (Phi) is 7.80. The number of hydrogen-bond acceptors (Lipinski definition) is 8. The summed E-state index contributed by atoms with van der Waals surface area (Å²) in [5, 5.41) is 16.3. The highest BCUT2D eigenvalue weighted by atomic mass is 17.1. The summed E-state index contributed by atoms with van der Waals surface area (Å²) in [6.07, 6.45) is -1.30. The first-order valence-electron chi connectivity index (χ1n) is 5.49. The molecule has 0 amide bonds. The van der Waals surface area contributed by atoms with E-state index in [1.807, 2.05) is 0 Å². The van der Waals surface area contributed by atoms with Crippen molar-refractivity contribution in [1.29, 1.82) is 0 Å². The predicted molar refractivity (Wildman–Crippen MR) is 59.0 cm³/mol. The molecule has 1 atom stereocenters. The van der Waals surface area contributed by atoms with Gasteiger partial charge in [0.2, 0.25) is 0 Å². The van der Waals surface area contributed by atoms with E-state index in [1.54, 1.807) is 27.7 Å². The van der Waals surface area contributed by atoms with Crippen molar-refractivity contribution >= 4 is 6.16 Å². The van der Waals surface area contributed by atoms with Crippen LogP contribution < -0.4 is 0 Å². The lowest BCUT2D eigenvalue weighted by Crippen LogP contribution is -2.27. The van der Waals surface area contributed by atoms with E-state index >= 15 is 0 Å². The molecule has 0 saturated carbocycles. The fraction of sp³-hybridized carbons (Fsp3) is 0.900. The van der Waals surface area contributed by atoms with Crippen molar-refractivity contribution in [1.82, 2.24) is 5.39 Å². The number of carbonyl (C=O) groups excluding carboxylic acids is 1. The van der Waals surface area contributed by atoms with Crippen LogP contribution in [0.25, 0.3) is 0 Å². The Morgan fingerprint density at radius 1 is 1.28 bits per heavy atom. The van der Waals surface area contributed by atoms with E-state index in [0.29, 0.717) is 0 Å². The highest BCUT2D eigenvalue weighted by Crippen LogP contribution is 2.07. The molecule has 0 spiro atoms. The summed E-state index contributed by atoms with van der Waals surface area (Å²) in [5.41, 5.74) is -0.591. The van der Waals surface area contributed by atoms with Crippen LogP contribution in [0, 0.1) is 0 Å². The van der Waals surface area contributed by atoms with Crippen LogP contribution in [0.1, 0.15) is 27.7 Å². The molecule has 0 fully saturated rings. The SMILES string of the molecule is CC(COCCOC(=O)OC(C)(C)C)ON(O)O. The van der Waals surface area contributed by atoms with Gasteiger partial charge < -0.3 is 14.2 Å². The lowest BCUT2D eigenvalue weighted by atomic mass is 10.2. The van der Waals surface area contributed by atoms with Crippen molar-refractivity contribution in [2.45, 2.75) is 39.4 Å². The summed E-state index contributed by atoms with van der Waals surface area (Å²) in [7, 11) is 0. The molecule has 8 nitrogen and oxygen atoms in total. The van der Waals surface area contributed by atoms with Gasteiger partial charge in [0.1, 0.15) is 18.3 Å². The Balaban J connectivity index is 3.48. The number of rotatable bonds is 7. The molecule has 0 saturated heterocycles. The third kappa shape index (κ3) is 11.6. The van der Waals surface area contributed by atoms with Gasteiger partial charge in [-0.1, -0.05) is 0 Å². The molecule has 0 aliphatic carbocycles. The zero-order chi connectivity index (χ0) is 14.2. The van der Waals surface area contributed by atoms with Crippen molar-refractivity contribution in [2.24, 2.45) is 0 Å². The maximum Gasteiger partial charge on any atom is 0.508 e. The lowest BCUT2D eigenvalue weighted by molar-refractivity contribution is -0.504. The quantitative estimate of drug-likeness (QED) is 0.405. The van der Waals surface area contributed by atoms with E-state index in [1.165, 1.54) is 0 Å². The largest absolute Gasteiger partial charge is 0.508 e. The van der Waals surface area contributed by atoms with Crippen LogP contribution >= 0.6 is 0 Å². The second kappa shape index (κ2) is 8.22. The highest BCUT2D eigenvalue weighted by molar-refractivity contribution is 5.60. The zero-order valence-electron chi connectivity index (χ0n) is 11.1. The first kappa shape index (κ1) is 17.1. The van der Waals surface area contributed by atoms with Crippen LogP contribution in [-0.4, -0.2) is 53.5 Å². The number of nitrogens with zero attached hydrogens (tertiary/aromatic N) is 1. The molecular formula is C10H21NO7. The fourth-order valence-electron chi connectivity index (χ4n) is 0.904. The smallest absolute Gasteiger partial charge is 0.432 e. The van der Waals surface area contributed by atoms with Gasteiger partial charge in [0, 0.05) is 0 Å². The second-order valence-electron chi connectivity index (χ2n) is 4.56. The first-order chi connectivity index (χ1) is 8.20. The summed E-state index contributed by atoms with van der Waals surface area (Å²) in [6.45, 7) is 7.11. The first-order valence-corrected chi connectivity index (χ1v) is 5.49. The fourth-order valence-corrected chi connectivity index (χ4v) is 0.904. The molecule has 0 aliphatic rings. The predicted octanol–water partition coefficient (Wildman–Crippen LogP) is 1.36. The Morgan fingerprint density at radius 3 is 2.39 bits per heavy atom. The Hall–Kier alpha value is -0.930. The average molecular weight is 267 g/mol. The summed E-state index contributed by atoms with van der Waals surface area (Å²) >= 11 is 0. The zero-order valence-corrected chi connectivity index (χ0v) is 11.1. The third-order valence-corrected chi connectivity index (χ3v) is 1.46. The van der Waals surface area contributed by atoms with Gasteiger partial charge in [0.05, 0.1) is 18.6 Å². The van der Waals surface area contributed by atoms with Crippen LogP contribution in [0.4, 0.5) is 4.79 Å². The minimum atomic E-state index is -0.757. The van der Waals surface area contributed by atoms with Gasteiger partial charge in [-0.3, -0.25) is 10.4 Å². The monoisotopic (exact) mass is 267 g/mol. The van der Waals surface area contributed by atoms with Gasteiger partial charge in [-0.15, -0.1) is 0 Å². The van der Waals surface area contributed by atoms with E-state index in [4.69, 9.17) is 24.6 Å². The van der Waals surface area contributed by atoms with Crippen LogP contribution in [-0.2, 0) is 19.0 Å². The summed E-state index contributed by atoms with van der Waals surface area (Å²) < 4.78 is 14.7. The molecule has 0 aliphatic heterocycles. The Morgan fingerprint density at radius 2 is 1.89 bits per heavy atom. The second-order valence-corrected chi connectivity index (χ2v) is 4.56. The third-order valence-electron chi connectivity index (χ3n) is 1.46. The molecule has 0 rings (SSSR count). The lowest BCUT2D eigenvalue weighted by Gasteiger charge is -2.19. The molecule has 0 aromatic heterocycles. The van der Waals surface area contributed by atoms with Crippen LogP contribution in [0.3, 0.4) is 0 Å². The molecule has 0 bridgehead atoms. The summed E-state index contributed by atoms with van der Waals surface area (Å²) in [4.78, 5) is 15.5. The number of ether oxygens (including phenoxy) is 3. The Bertz CT molecular complexity index is 239. The Labute approximate surface area is 106 Å². The van der Waals surface area contributed by atoms with E-state index in [0.717, 1.165) is 0 Å². The van der Waals surface area contributed by atoms with Crippen molar-refractivity contribution < 1.29 is 34.3 Å². The molecule has 0 heterocycles. The van der Waals surface area contributed by atoms with Gasteiger partial charge in [-0.05, 0) is 27.7 Å². The summed E-state index contributed by atoms with van der Waals surface area (Å²) in [6, 6.07) is 0. The highest BCUT2D eigenvalue weighted by Gasteiger charge is 2.17. The van der Waals surface area contributed by atoms with E-state index in [9.17, 15) is 4.79 Å². The van der Waals surface area contributed by atoms with Crippen LogP contribution in [0.15, 0.2) is 0 Å². The van der Waals surface area contributed by atoms with Crippen molar-refractivity contribution in [3.63, 3.8) is 0 Å². The number of carbonyl (C=O) groups is 1. The average Bonchev–Trinajstić information content (AvgIpc) is 2.12. The molecular weight excluding hydrogens is 246 g/mol. The molecule has 108 valence electrons. The molecule has 0 aromatic carbocycles. The summed E-state index contributed by atoms with van der Waals surface area (Å²) in [5.74, 6) is 0. The minimum absolute atomic E-state index is 0.0452.